The van der Waals surface area contributed by atoms with Gasteiger partial charge in [-0.1, -0.05) is 20.8 Å². The number of nitrogens with zero attached hydrogens (tertiary/aromatic N) is 2. The molecule has 11 heteroatoms. The van der Waals surface area contributed by atoms with Gasteiger partial charge in [-0.05, 0) is 61.3 Å². The summed E-state index contributed by atoms with van der Waals surface area (Å²) in [6, 6.07) is 5.42. The van der Waals surface area contributed by atoms with Crippen molar-refractivity contribution >= 4 is 27.0 Å². The molecule has 2 aliphatic rings. The lowest BCUT2D eigenvalue weighted by Crippen LogP contribution is -2.35. The molecule has 0 saturated heterocycles. The Hall–Kier alpha value is -1.98. The van der Waals surface area contributed by atoms with Crippen molar-refractivity contribution in [1.82, 2.24) is 15.2 Å². The average Bonchev–Trinajstić information content (AvgIpc) is 3.40. The predicted octanol–water partition coefficient (Wildman–Crippen LogP) is 6.38. The van der Waals surface area contributed by atoms with E-state index in [4.69, 9.17) is 4.78 Å². The van der Waals surface area contributed by atoms with E-state index < -0.39 is 21.8 Å². The first-order valence-corrected chi connectivity index (χ1v) is 15.4. The van der Waals surface area contributed by atoms with Gasteiger partial charge in [0, 0.05) is 36.0 Å². The van der Waals surface area contributed by atoms with E-state index in [2.05, 4.69) is 29.0 Å². The van der Waals surface area contributed by atoms with Gasteiger partial charge in [-0.3, -0.25) is 14.7 Å². The molecule has 1 amide bonds. The quantitative estimate of drug-likeness (QED) is 0.395. The maximum Gasteiger partial charge on any atom is 0.391 e. The van der Waals surface area contributed by atoms with Crippen molar-refractivity contribution in [1.29, 1.82) is 4.78 Å². The highest BCUT2D eigenvalue weighted by atomic mass is 32.2. The van der Waals surface area contributed by atoms with Crippen molar-refractivity contribution in [2.24, 2.45) is 17.8 Å². The smallest absolute Gasteiger partial charge is 0.346 e. The lowest BCUT2D eigenvalue weighted by molar-refractivity contribution is -0.184. The fraction of sp³-hybridized carbons (Fsp3) is 0.615. The van der Waals surface area contributed by atoms with Crippen LogP contribution in [0, 0.1) is 22.5 Å². The van der Waals surface area contributed by atoms with Gasteiger partial charge in [0.2, 0.25) is 0 Å². The Morgan fingerprint density at radius 1 is 1.27 bits per heavy atom. The number of aromatic nitrogens is 1. The van der Waals surface area contributed by atoms with E-state index in [0.29, 0.717) is 40.8 Å². The number of carbonyl (C=O) groups is 1. The number of hydrogen-bond acceptors (Lipinski definition) is 6. The lowest BCUT2D eigenvalue weighted by Gasteiger charge is -2.35. The molecule has 1 aliphatic carbocycles. The Labute approximate surface area is 221 Å². The highest BCUT2D eigenvalue weighted by molar-refractivity contribution is 7.92. The van der Waals surface area contributed by atoms with E-state index in [-0.39, 0.29) is 43.0 Å². The van der Waals surface area contributed by atoms with Gasteiger partial charge in [0.1, 0.15) is 0 Å². The van der Waals surface area contributed by atoms with Gasteiger partial charge in [0.05, 0.1) is 37.7 Å². The van der Waals surface area contributed by atoms with Gasteiger partial charge >= 0.3 is 6.18 Å². The fourth-order valence-corrected chi connectivity index (χ4v) is 7.70. The standard InChI is InChI=1S/C26H35F3N4O2S2/c1-4-37(30,35)21-10-9-20(31-13-21)12-32-25(34)22-11-18-15-33(23(16(2)3)24(18)36-22)14-17-5-7-19(8-6-17)26(27,28)29/h9-11,13,16-17,19,23,30H,4-8,12,14-15H2,1-3H3,(H,32,34)/t17-,19-,23-,37-/m0/s1. The Morgan fingerprint density at radius 2 is 1.97 bits per heavy atom. The number of fused-ring (bicyclic) bond motifs is 1. The van der Waals surface area contributed by atoms with Crippen LogP contribution in [0.15, 0.2) is 29.3 Å². The van der Waals surface area contributed by atoms with Crippen molar-refractivity contribution in [2.75, 3.05) is 12.3 Å². The van der Waals surface area contributed by atoms with E-state index in [1.165, 1.54) is 22.4 Å². The summed E-state index contributed by atoms with van der Waals surface area (Å²) < 4.78 is 59.1. The molecule has 2 atom stereocenters. The monoisotopic (exact) mass is 556 g/mol. The predicted molar refractivity (Wildman–Crippen MR) is 139 cm³/mol. The second-order valence-electron chi connectivity index (χ2n) is 10.5. The lowest BCUT2D eigenvalue weighted by atomic mass is 9.81. The zero-order valence-electron chi connectivity index (χ0n) is 21.4. The second kappa shape index (κ2) is 11.0. The molecule has 0 radical (unpaired) electrons. The molecule has 0 bridgehead atoms. The molecule has 3 heterocycles. The van der Waals surface area contributed by atoms with Crippen molar-refractivity contribution in [2.45, 2.75) is 76.7 Å². The van der Waals surface area contributed by atoms with Crippen LogP contribution in [0.3, 0.4) is 0 Å². The molecular weight excluding hydrogens is 521 g/mol. The molecule has 37 heavy (non-hydrogen) atoms. The van der Waals surface area contributed by atoms with E-state index in [1.807, 2.05) is 6.07 Å². The first-order chi connectivity index (χ1) is 17.4. The largest absolute Gasteiger partial charge is 0.391 e. The van der Waals surface area contributed by atoms with Gasteiger partial charge in [0.25, 0.3) is 5.91 Å². The van der Waals surface area contributed by atoms with Crippen LogP contribution in [0.5, 0.6) is 0 Å². The molecule has 1 saturated carbocycles. The molecule has 2 aromatic heterocycles. The summed E-state index contributed by atoms with van der Waals surface area (Å²) in [6.07, 6.45) is -0.979. The summed E-state index contributed by atoms with van der Waals surface area (Å²) in [5.41, 5.74) is 1.75. The molecular formula is C26H35F3N4O2S2. The first-order valence-electron chi connectivity index (χ1n) is 12.8. The molecule has 204 valence electrons. The highest BCUT2D eigenvalue weighted by Gasteiger charge is 2.42. The summed E-state index contributed by atoms with van der Waals surface area (Å²) in [4.78, 5) is 21.7. The molecule has 0 spiro atoms. The number of carbonyl (C=O) groups excluding carboxylic acids is 1. The zero-order chi connectivity index (χ0) is 27.0. The molecule has 2 aromatic rings. The highest BCUT2D eigenvalue weighted by Crippen LogP contribution is 2.46. The number of alkyl halides is 3. The average molecular weight is 557 g/mol. The van der Waals surface area contributed by atoms with Crippen LogP contribution in [-0.2, 0) is 22.8 Å². The molecule has 0 aromatic carbocycles. The van der Waals surface area contributed by atoms with E-state index in [0.717, 1.165) is 12.1 Å². The number of halogens is 3. The van der Waals surface area contributed by atoms with Crippen LogP contribution in [0.25, 0.3) is 0 Å². The third kappa shape index (κ3) is 6.37. The van der Waals surface area contributed by atoms with Crippen molar-refractivity contribution in [3.63, 3.8) is 0 Å². The van der Waals surface area contributed by atoms with E-state index in [9.17, 15) is 22.2 Å². The number of hydrogen-bond donors (Lipinski definition) is 2. The summed E-state index contributed by atoms with van der Waals surface area (Å²) in [5.74, 6) is -0.518. The Kier molecular flexibility index (Phi) is 8.35. The van der Waals surface area contributed by atoms with Crippen LogP contribution in [0.2, 0.25) is 0 Å². The second-order valence-corrected chi connectivity index (χ2v) is 14.0. The third-order valence-electron chi connectivity index (χ3n) is 7.55. The van der Waals surface area contributed by atoms with Crippen LogP contribution < -0.4 is 5.32 Å². The SMILES string of the molecule is CC[S@](=N)(=O)c1ccc(CNC(=O)c2cc3c(s2)[C@H](C(C)C)N(C[C@H]2CC[C@H](C(F)(F)F)CC2)C3)nc1. The number of nitrogens with one attached hydrogen (secondary N) is 2. The summed E-state index contributed by atoms with van der Waals surface area (Å²) in [7, 11) is -2.82. The van der Waals surface area contributed by atoms with Crippen LogP contribution in [0.1, 0.15) is 78.3 Å². The van der Waals surface area contributed by atoms with E-state index in [1.54, 1.807) is 19.1 Å². The molecule has 4 rings (SSSR count). The third-order valence-corrected chi connectivity index (χ3v) is 10.6. The minimum absolute atomic E-state index is 0.161. The Bertz CT molecular complexity index is 1200. The van der Waals surface area contributed by atoms with Crippen LogP contribution in [0.4, 0.5) is 13.2 Å². The molecule has 6 nitrogen and oxygen atoms in total. The zero-order valence-corrected chi connectivity index (χ0v) is 23.1. The Morgan fingerprint density at radius 3 is 2.54 bits per heavy atom. The summed E-state index contributed by atoms with van der Waals surface area (Å²) in [6.45, 7) is 7.74. The molecule has 2 N–H and O–H groups in total. The molecule has 1 fully saturated rings. The number of pyridine rings is 1. The van der Waals surface area contributed by atoms with Crippen molar-refractivity contribution in [3.8, 4) is 0 Å². The topological polar surface area (TPSA) is 86.2 Å². The van der Waals surface area contributed by atoms with E-state index >= 15 is 0 Å². The maximum atomic E-state index is 13.0. The minimum Gasteiger partial charge on any atom is -0.346 e. The van der Waals surface area contributed by atoms with Gasteiger partial charge in [-0.15, -0.1) is 11.3 Å². The molecule has 0 unspecified atom stereocenters. The van der Waals surface area contributed by atoms with Crippen LogP contribution in [-0.4, -0.2) is 38.5 Å². The maximum absolute atomic E-state index is 13.0. The van der Waals surface area contributed by atoms with Crippen molar-refractivity contribution in [3.05, 3.63) is 45.4 Å². The summed E-state index contributed by atoms with van der Waals surface area (Å²) in [5, 5.41) is 2.90. The van der Waals surface area contributed by atoms with Crippen molar-refractivity contribution < 1.29 is 22.2 Å². The normalized spacial score (nSPS) is 24.1. The van der Waals surface area contributed by atoms with Gasteiger partial charge in [0.15, 0.2) is 0 Å². The summed E-state index contributed by atoms with van der Waals surface area (Å²) >= 11 is 1.49. The molecule has 1 aliphatic heterocycles. The number of thiophene rings is 1. The number of amides is 1. The van der Waals surface area contributed by atoms with Gasteiger partial charge in [-0.25, -0.2) is 8.99 Å². The first kappa shape index (κ1) is 28.0. The minimum atomic E-state index is -4.08. The van der Waals surface area contributed by atoms with Gasteiger partial charge in [-0.2, -0.15) is 13.2 Å². The Balaban J connectivity index is 1.36. The number of rotatable bonds is 8. The fourth-order valence-electron chi connectivity index (χ4n) is 5.45. The van der Waals surface area contributed by atoms with Crippen LogP contribution >= 0.6 is 11.3 Å². The van der Waals surface area contributed by atoms with Gasteiger partial charge < -0.3 is 5.32 Å².